The molecule has 1 aliphatic rings. The highest BCUT2D eigenvalue weighted by Gasteiger charge is 2.31. The molecular formula is C19H28ClN5O2. The number of benzene rings is 1. The second-order valence-electron chi connectivity index (χ2n) is 6.95. The average Bonchev–Trinajstić information content (AvgIpc) is 3.22. The minimum Gasteiger partial charge on any atom is -0.491 e. The van der Waals surface area contributed by atoms with Crippen LogP contribution in [0, 0.1) is 6.92 Å². The van der Waals surface area contributed by atoms with Crippen LogP contribution in [0.1, 0.15) is 42.9 Å². The van der Waals surface area contributed by atoms with Gasteiger partial charge in [-0.15, -0.1) is 17.5 Å². The molecule has 148 valence electrons. The molecule has 2 heterocycles. The number of aromatic nitrogens is 3. The van der Waals surface area contributed by atoms with Crippen LogP contribution in [0.4, 0.5) is 0 Å². The third-order valence-electron chi connectivity index (χ3n) is 4.63. The van der Waals surface area contributed by atoms with Crippen molar-refractivity contribution in [1.29, 1.82) is 0 Å². The highest BCUT2D eigenvalue weighted by atomic mass is 35.5. The number of hydrogen-bond donors (Lipinski definition) is 1. The minimum absolute atomic E-state index is 0. The largest absolute Gasteiger partial charge is 0.491 e. The summed E-state index contributed by atoms with van der Waals surface area (Å²) in [7, 11) is 1.91. The summed E-state index contributed by atoms with van der Waals surface area (Å²) in [6.45, 7) is 7.45. The second kappa shape index (κ2) is 9.19. The Hall–Kier alpha value is -2.12. The van der Waals surface area contributed by atoms with Crippen LogP contribution >= 0.6 is 12.4 Å². The van der Waals surface area contributed by atoms with E-state index >= 15 is 0 Å². The number of likely N-dealkylation sites (tertiary alicyclic amines) is 1. The topological polar surface area (TPSA) is 72.3 Å². The van der Waals surface area contributed by atoms with Crippen molar-refractivity contribution in [3.05, 3.63) is 35.7 Å². The predicted molar refractivity (Wildman–Crippen MR) is 107 cm³/mol. The van der Waals surface area contributed by atoms with E-state index in [4.69, 9.17) is 4.74 Å². The summed E-state index contributed by atoms with van der Waals surface area (Å²) in [6, 6.07) is 7.88. The van der Waals surface area contributed by atoms with Gasteiger partial charge in [0.15, 0.2) is 5.69 Å². The summed E-state index contributed by atoms with van der Waals surface area (Å²) in [4.78, 5) is 14.8. The van der Waals surface area contributed by atoms with Crippen LogP contribution in [0.15, 0.2) is 24.3 Å². The number of likely N-dealkylation sites (N-methyl/N-ethyl adjacent to an activating group) is 1. The van der Waals surface area contributed by atoms with E-state index in [-0.39, 0.29) is 30.5 Å². The van der Waals surface area contributed by atoms with Gasteiger partial charge in [0.05, 0.1) is 17.5 Å². The first-order valence-electron chi connectivity index (χ1n) is 9.16. The Labute approximate surface area is 166 Å². The van der Waals surface area contributed by atoms with Gasteiger partial charge in [0.2, 0.25) is 0 Å². The molecule has 1 aromatic carbocycles. The Bertz CT molecular complexity index is 760. The van der Waals surface area contributed by atoms with Gasteiger partial charge in [-0.05, 0) is 64.9 Å². The highest BCUT2D eigenvalue weighted by Crippen LogP contribution is 2.22. The number of amides is 1. The summed E-state index contributed by atoms with van der Waals surface area (Å²) in [5, 5.41) is 11.5. The van der Waals surface area contributed by atoms with Crippen LogP contribution in [-0.4, -0.2) is 58.1 Å². The summed E-state index contributed by atoms with van der Waals surface area (Å²) < 4.78 is 7.37. The first-order valence-corrected chi connectivity index (χ1v) is 9.16. The zero-order valence-corrected chi connectivity index (χ0v) is 17.1. The van der Waals surface area contributed by atoms with Crippen molar-refractivity contribution in [1.82, 2.24) is 25.2 Å². The zero-order chi connectivity index (χ0) is 18.7. The summed E-state index contributed by atoms with van der Waals surface area (Å²) in [6.07, 6.45) is 2.18. The number of halogens is 1. The van der Waals surface area contributed by atoms with Gasteiger partial charge in [-0.3, -0.25) is 4.79 Å². The number of carbonyl (C=O) groups is 1. The molecule has 0 radical (unpaired) electrons. The number of ether oxygens (including phenoxy) is 1. The van der Waals surface area contributed by atoms with Crippen molar-refractivity contribution in [2.24, 2.45) is 0 Å². The molecule has 7 nitrogen and oxygen atoms in total. The van der Waals surface area contributed by atoms with E-state index in [0.29, 0.717) is 5.69 Å². The molecule has 8 heteroatoms. The third kappa shape index (κ3) is 4.59. The lowest BCUT2D eigenvalue weighted by Crippen LogP contribution is -2.41. The van der Waals surface area contributed by atoms with Gasteiger partial charge in [-0.25, -0.2) is 4.68 Å². The molecule has 2 aromatic rings. The van der Waals surface area contributed by atoms with Gasteiger partial charge in [-0.2, -0.15) is 0 Å². The van der Waals surface area contributed by atoms with E-state index in [1.807, 2.05) is 57.0 Å². The fourth-order valence-electron chi connectivity index (χ4n) is 3.40. The molecular weight excluding hydrogens is 366 g/mol. The quantitative estimate of drug-likeness (QED) is 0.816. The molecule has 1 aliphatic heterocycles. The maximum atomic E-state index is 12.9. The van der Waals surface area contributed by atoms with Crippen LogP contribution in [0.2, 0.25) is 0 Å². The Morgan fingerprint density at radius 3 is 2.67 bits per heavy atom. The highest BCUT2D eigenvalue weighted by molar-refractivity contribution is 5.93. The molecule has 0 saturated carbocycles. The van der Waals surface area contributed by atoms with Gasteiger partial charge in [0, 0.05) is 19.1 Å². The maximum absolute atomic E-state index is 12.9. The van der Waals surface area contributed by atoms with E-state index in [9.17, 15) is 4.79 Å². The minimum atomic E-state index is -0.0359. The fraction of sp³-hybridized carbons (Fsp3) is 0.526. The Morgan fingerprint density at radius 1 is 1.33 bits per heavy atom. The number of carbonyl (C=O) groups excluding carboxylic acids is 1. The molecule has 1 atom stereocenters. The summed E-state index contributed by atoms with van der Waals surface area (Å²) >= 11 is 0. The van der Waals surface area contributed by atoms with Gasteiger partial charge in [0.1, 0.15) is 5.75 Å². The molecule has 0 spiro atoms. The zero-order valence-electron chi connectivity index (χ0n) is 16.3. The number of nitrogens with zero attached hydrogens (tertiary/aromatic N) is 4. The summed E-state index contributed by atoms with van der Waals surface area (Å²) in [5.74, 6) is 0.774. The van der Waals surface area contributed by atoms with Crippen molar-refractivity contribution >= 4 is 18.3 Å². The van der Waals surface area contributed by atoms with Gasteiger partial charge < -0.3 is 15.0 Å². The Kier molecular flexibility index (Phi) is 7.21. The lowest BCUT2D eigenvalue weighted by molar-refractivity contribution is 0.0730. The van der Waals surface area contributed by atoms with E-state index in [1.165, 1.54) is 0 Å². The molecule has 0 aliphatic carbocycles. The molecule has 1 saturated heterocycles. The fourth-order valence-corrected chi connectivity index (χ4v) is 3.40. The second-order valence-corrected chi connectivity index (χ2v) is 6.95. The number of rotatable bonds is 6. The van der Waals surface area contributed by atoms with Crippen LogP contribution in [0.3, 0.4) is 0 Å². The SMILES string of the molecule is CNCC1CCCN1C(=O)c1nnn(-c2ccc(OC(C)C)cc2)c1C.Cl. The smallest absolute Gasteiger partial charge is 0.276 e. The first kappa shape index (κ1) is 21.2. The number of nitrogens with one attached hydrogen (secondary N) is 1. The lowest BCUT2D eigenvalue weighted by Gasteiger charge is -2.23. The lowest BCUT2D eigenvalue weighted by atomic mass is 10.2. The van der Waals surface area contributed by atoms with E-state index in [0.717, 1.165) is 43.1 Å². The van der Waals surface area contributed by atoms with Crippen molar-refractivity contribution < 1.29 is 9.53 Å². The summed E-state index contributed by atoms with van der Waals surface area (Å²) in [5.41, 5.74) is 2.04. The normalized spacial score (nSPS) is 16.5. The first-order chi connectivity index (χ1) is 12.5. The molecule has 1 aromatic heterocycles. The monoisotopic (exact) mass is 393 g/mol. The van der Waals surface area contributed by atoms with E-state index in [2.05, 4.69) is 15.6 Å². The van der Waals surface area contributed by atoms with E-state index in [1.54, 1.807) is 4.68 Å². The van der Waals surface area contributed by atoms with Gasteiger partial charge >= 0.3 is 0 Å². The predicted octanol–water partition coefficient (Wildman–Crippen LogP) is 2.61. The van der Waals surface area contributed by atoms with Crippen molar-refractivity contribution in [3.63, 3.8) is 0 Å². The van der Waals surface area contributed by atoms with Crippen LogP contribution in [-0.2, 0) is 0 Å². The molecule has 1 fully saturated rings. The van der Waals surface area contributed by atoms with Crippen molar-refractivity contribution in [2.75, 3.05) is 20.1 Å². The average molecular weight is 394 g/mol. The van der Waals surface area contributed by atoms with E-state index < -0.39 is 0 Å². The van der Waals surface area contributed by atoms with Gasteiger partial charge in [0.25, 0.3) is 5.91 Å². The van der Waals surface area contributed by atoms with Crippen LogP contribution < -0.4 is 10.1 Å². The third-order valence-corrected chi connectivity index (χ3v) is 4.63. The molecule has 27 heavy (non-hydrogen) atoms. The van der Waals surface area contributed by atoms with Crippen molar-refractivity contribution in [2.45, 2.75) is 45.8 Å². The molecule has 0 bridgehead atoms. The Balaban J connectivity index is 0.00000261. The molecule has 1 N–H and O–H groups in total. The Morgan fingerprint density at radius 2 is 2.04 bits per heavy atom. The van der Waals surface area contributed by atoms with Crippen molar-refractivity contribution in [3.8, 4) is 11.4 Å². The standard InChI is InChI=1S/C19H27N5O2.ClH/c1-13(2)26-17-9-7-15(8-10-17)24-14(3)18(21-22-24)19(25)23-11-5-6-16(23)12-20-4;/h7-10,13,16,20H,5-6,11-12H2,1-4H3;1H. The van der Waals surface area contributed by atoms with Crippen LogP contribution in [0.25, 0.3) is 5.69 Å². The molecule has 3 rings (SSSR count). The van der Waals surface area contributed by atoms with Gasteiger partial charge in [-0.1, -0.05) is 5.21 Å². The number of hydrogen-bond acceptors (Lipinski definition) is 5. The van der Waals surface area contributed by atoms with Crippen LogP contribution in [0.5, 0.6) is 5.75 Å². The molecule has 1 unspecified atom stereocenters. The molecule has 1 amide bonds. The maximum Gasteiger partial charge on any atom is 0.276 e.